The summed E-state index contributed by atoms with van der Waals surface area (Å²) >= 11 is 0. The number of nitrogens with zero attached hydrogens (tertiary/aromatic N) is 1. The van der Waals surface area contributed by atoms with E-state index in [4.69, 9.17) is 9.84 Å². The van der Waals surface area contributed by atoms with Gasteiger partial charge in [-0.3, -0.25) is 0 Å². The fourth-order valence-corrected chi connectivity index (χ4v) is 2.16. The third-order valence-electron chi connectivity index (χ3n) is 3.03. The van der Waals surface area contributed by atoms with Crippen LogP contribution in [0.15, 0.2) is 18.2 Å². The van der Waals surface area contributed by atoms with Crippen LogP contribution in [0.4, 0.5) is 5.69 Å². The van der Waals surface area contributed by atoms with Crippen molar-refractivity contribution in [2.75, 3.05) is 25.2 Å². The summed E-state index contributed by atoms with van der Waals surface area (Å²) < 4.78 is 5.17. The molecule has 0 saturated heterocycles. The van der Waals surface area contributed by atoms with Crippen molar-refractivity contribution in [3.63, 3.8) is 0 Å². The van der Waals surface area contributed by atoms with Gasteiger partial charge in [-0.25, -0.2) is 4.79 Å². The minimum absolute atomic E-state index is 0.259. The van der Waals surface area contributed by atoms with Gasteiger partial charge in [-0.15, -0.1) is 0 Å². The number of benzene rings is 1. The lowest BCUT2D eigenvalue weighted by Crippen LogP contribution is -2.36. The molecule has 18 heavy (non-hydrogen) atoms. The third kappa shape index (κ3) is 3.23. The van der Waals surface area contributed by atoms with Crippen LogP contribution in [0.2, 0.25) is 0 Å². The maximum atomic E-state index is 10.9. The van der Waals surface area contributed by atoms with Crippen molar-refractivity contribution in [3.8, 4) is 0 Å². The minimum Gasteiger partial charge on any atom is -0.478 e. The number of carbonyl (C=O) groups is 1. The highest BCUT2D eigenvalue weighted by Crippen LogP contribution is 2.23. The van der Waals surface area contributed by atoms with Gasteiger partial charge in [0.1, 0.15) is 0 Å². The van der Waals surface area contributed by atoms with E-state index in [-0.39, 0.29) is 6.04 Å². The number of aromatic carboxylic acids is 1. The van der Waals surface area contributed by atoms with Crippen molar-refractivity contribution in [2.45, 2.75) is 26.8 Å². The van der Waals surface area contributed by atoms with Crippen molar-refractivity contribution in [1.82, 2.24) is 0 Å². The van der Waals surface area contributed by atoms with Crippen LogP contribution in [0.1, 0.15) is 29.8 Å². The predicted molar refractivity (Wildman–Crippen MR) is 72.5 cm³/mol. The standard InChI is InChI=1S/C14H21NO3/c1-5-15(11(3)9-18-4)13-7-6-12(14(16)17)8-10(13)2/h6-8,11H,5,9H2,1-4H3,(H,16,17). The molecule has 1 aromatic carbocycles. The summed E-state index contributed by atoms with van der Waals surface area (Å²) in [5.41, 5.74) is 2.36. The number of carboxylic acid groups (broad SMARTS) is 1. The van der Waals surface area contributed by atoms with Crippen LogP contribution < -0.4 is 4.90 Å². The lowest BCUT2D eigenvalue weighted by molar-refractivity contribution is 0.0697. The van der Waals surface area contributed by atoms with E-state index in [1.807, 2.05) is 13.0 Å². The second-order valence-corrected chi connectivity index (χ2v) is 4.40. The molecule has 4 nitrogen and oxygen atoms in total. The van der Waals surface area contributed by atoms with Crippen LogP contribution in [0.5, 0.6) is 0 Å². The Morgan fingerprint density at radius 3 is 2.61 bits per heavy atom. The highest BCUT2D eigenvalue weighted by Gasteiger charge is 2.15. The number of aryl methyl sites for hydroxylation is 1. The van der Waals surface area contributed by atoms with Crippen molar-refractivity contribution >= 4 is 11.7 Å². The first-order chi connectivity index (χ1) is 8.51. The quantitative estimate of drug-likeness (QED) is 0.844. The molecule has 0 spiro atoms. The molecule has 0 bridgehead atoms. The summed E-state index contributed by atoms with van der Waals surface area (Å²) in [6, 6.07) is 5.48. The average molecular weight is 251 g/mol. The number of rotatable bonds is 6. The zero-order valence-corrected chi connectivity index (χ0v) is 11.4. The maximum absolute atomic E-state index is 10.9. The van der Waals surface area contributed by atoms with Gasteiger partial charge in [0.15, 0.2) is 0 Å². The molecule has 100 valence electrons. The lowest BCUT2D eigenvalue weighted by Gasteiger charge is -2.31. The number of hydrogen-bond acceptors (Lipinski definition) is 3. The molecule has 0 amide bonds. The van der Waals surface area contributed by atoms with Crippen LogP contribution in [0, 0.1) is 6.92 Å². The zero-order chi connectivity index (χ0) is 13.7. The summed E-state index contributed by atoms with van der Waals surface area (Å²) in [4.78, 5) is 13.1. The number of methoxy groups -OCH3 is 1. The molecular weight excluding hydrogens is 230 g/mol. The van der Waals surface area contributed by atoms with Gasteiger partial charge in [0, 0.05) is 25.4 Å². The van der Waals surface area contributed by atoms with Crippen LogP contribution in [0.3, 0.4) is 0 Å². The van der Waals surface area contributed by atoms with Gasteiger partial charge in [0.25, 0.3) is 0 Å². The van der Waals surface area contributed by atoms with E-state index in [1.165, 1.54) is 0 Å². The van der Waals surface area contributed by atoms with Crippen LogP contribution >= 0.6 is 0 Å². The Bertz CT molecular complexity index is 418. The SMILES string of the molecule is CCN(c1ccc(C(=O)O)cc1C)C(C)COC. The highest BCUT2D eigenvalue weighted by atomic mass is 16.5. The van der Waals surface area contributed by atoms with Gasteiger partial charge in [-0.2, -0.15) is 0 Å². The minimum atomic E-state index is -0.891. The van der Waals surface area contributed by atoms with E-state index in [9.17, 15) is 4.79 Å². The molecule has 1 N–H and O–H groups in total. The Kier molecular flexibility index (Phi) is 5.16. The summed E-state index contributed by atoms with van der Waals surface area (Å²) in [5.74, 6) is -0.891. The summed E-state index contributed by atoms with van der Waals surface area (Å²) in [6.07, 6.45) is 0. The van der Waals surface area contributed by atoms with E-state index in [1.54, 1.807) is 19.2 Å². The van der Waals surface area contributed by atoms with Gasteiger partial charge in [-0.05, 0) is 44.5 Å². The monoisotopic (exact) mass is 251 g/mol. The Hall–Kier alpha value is -1.55. The number of likely N-dealkylation sites (N-methyl/N-ethyl adjacent to an activating group) is 1. The van der Waals surface area contributed by atoms with E-state index in [0.717, 1.165) is 17.8 Å². The molecule has 0 aliphatic carbocycles. The largest absolute Gasteiger partial charge is 0.478 e. The van der Waals surface area contributed by atoms with E-state index in [0.29, 0.717) is 12.2 Å². The van der Waals surface area contributed by atoms with E-state index < -0.39 is 5.97 Å². The van der Waals surface area contributed by atoms with Crippen molar-refractivity contribution < 1.29 is 14.6 Å². The number of ether oxygens (including phenoxy) is 1. The fraction of sp³-hybridized carbons (Fsp3) is 0.500. The number of carboxylic acids is 1. The van der Waals surface area contributed by atoms with Crippen LogP contribution in [-0.2, 0) is 4.74 Å². The van der Waals surface area contributed by atoms with Gasteiger partial charge in [-0.1, -0.05) is 0 Å². The van der Waals surface area contributed by atoms with Gasteiger partial charge in [0.05, 0.1) is 12.2 Å². The van der Waals surface area contributed by atoms with E-state index >= 15 is 0 Å². The topological polar surface area (TPSA) is 49.8 Å². The predicted octanol–water partition coefficient (Wildman–Crippen LogP) is 2.55. The van der Waals surface area contributed by atoms with Crippen molar-refractivity contribution in [1.29, 1.82) is 0 Å². The number of anilines is 1. The fourth-order valence-electron chi connectivity index (χ4n) is 2.16. The molecule has 0 radical (unpaired) electrons. The molecule has 0 aliphatic heterocycles. The lowest BCUT2D eigenvalue weighted by atomic mass is 10.1. The molecule has 1 rings (SSSR count). The third-order valence-corrected chi connectivity index (χ3v) is 3.03. The Morgan fingerprint density at radius 1 is 1.50 bits per heavy atom. The number of hydrogen-bond donors (Lipinski definition) is 1. The van der Waals surface area contributed by atoms with E-state index in [2.05, 4.69) is 18.7 Å². The molecule has 0 saturated carbocycles. The molecule has 0 fully saturated rings. The summed E-state index contributed by atoms with van der Waals surface area (Å²) in [7, 11) is 1.69. The Morgan fingerprint density at radius 2 is 2.17 bits per heavy atom. The maximum Gasteiger partial charge on any atom is 0.335 e. The first-order valence-corrected chi connectivity index (χ1v) is 6.10. The van der Waals surface area contributed by atoms with Gasteiger partial charge >= 0.3 is 5.97 Å². The second kappa shape index (κ2) is 6.40. The molecule has 0 aliphatic rings. The average Bonchev–Trinajstić information content (AvgIpc) is 2.32. The smallest absolute Gasteiger partial charge is 0.335 e. The van der Waals surface area contributed by atoms with Crippen LogP contribution in [-0.4, -0.2) is 37.4 Å². The van der Waals surface area contributed by atoms with Gasteiger partial charge in [0.2, 0.25) is 0 Å². The first-order valence-electron chi connectivity index (χ1n) is 6.10. The van der Waals surface area contributed by atoms with Crippen molar-refractivity contribution in [3.05, 3.63) is 29.3 Å². The Labute approximate surface area is 108 Å². The Balaban J connectivity index is 3.03. The molecule has 0 heterocycles. The molecule has 4 heteroatoms. The molecule has 1 atom stereocenters. The first kappa shape index (κ1) is 14.5. The van der Waals surface area contributed by atoms with Crippen molar-refractivity contribution in [2.24, 2.45) is 0 Å². The summed E-state index contributed by atoms with van der Waals surface area (Å²) in [5, 5.41) is 8.96. The molecule has 1 unspecified atom stereocenters. The molecule has 0 aromatic heterocycles. The molecular formula is C14H21NO3. The second-order valence-electron chi connectivity index (χ2n) is 4.40. The zero-order valence-electron chi connectivity index (χ0n) is 11.4. The summed E-state index contributed by atoms with van der Waals surface area (Å²) in [6.45, 7) is 7.62. The molecule has 1 aromatic rings. The highest BCUT2D eigenvalue weighted by molar-refractivity contribution is 5.88. The normalized spacial score (nSPS) is 12.2. The van der Waals surface area contributed by atoms with Crippen LogP contribution in [0.25, 0.3) is 0 Å². The van der Waals surface area contributed by atoms with Gasteiger partial charge < -0.3 is 14.7 Å².